The molecule has 0 N–H and O–H groups in total. The molecule has 0 amide bonds. The first kappa shape index (κ1) is 18.3. The highest BCUT2D eigenvalue weighted by molar-refractivity contribution is 5.75. The average molecular weight is 379 g/mol. The second-order valence-corrected chi connectivity index (χ2v) is 7.45. The lowest BCUT2D eigenvalue weighted by Gasteiger charge is -2.08. The molecule has 0 aliphatic carbocycles. The molecule has 7 nitrogen and oxygen atoms in total. The van der Waals surface area contributed by atoms with Gasteiger partial charge in [0.05, 0.1) is 6.54 Å². The molecule has 0 aliphatic rings. The van der Waals surface area contributed by atoms with Gasteiger partial charge in [0.15, 0.2) is 11.2 Å². The van der Waals surface area contributed by atoms with Crippen LogP contribution in [0, 0.1) is 13.8 Å². The number of fused-ring (bicyclic) bond motifs is 3. The summed E-state index contributed by atoms with van der Waals surface area (Å²) in [5.74, 6) is 0.709. The Labute approximate surface area is 162 Å². The first-order valence-electron chi connectivity index (χ1n) is 9.65. The SMILES string of the molecule is CCCCn1c(C)cn2c3c(=O)n(Cc4ccc(C)cc4)c(=O)n(C)c3nc12. The van der Waals surface area contributed by atoms with Gasteiger partial charge in [-0.25, -0.2) is 4.79 Å². The van der Waals surface area contributed by atoms with Crippen molar-refractivity contribution in [1.82, 2.24) is 23.1 Å². The van der Waals surface area contributed by atoms with Crippen LogP contribution in [-0.4, -0.2) is 23.1 Å². The Morgan fingerprint density at radius 1 is 1.04 bits per heavy atom. The largest absolute Gasteiger partial charge is 0.332 e. The number of hydrogen-bond acceptors (Lipinski definition) is 3. The van der Waals surface area contributed by atoms with Crippen molar-refractivity contribution >= 4 is 16.9 Å². The van der Waals surface area contributed by atoms with Crippen LogP contribution in [0.5, 0.6) is 0 Å². The van der Waals surface area contributed by atoms with Crippen molar-refractivity contribution in [3.8, 4) is 0 Å². The number of aromatic nitrogens is 5. The standard InChI is InChI=1S/C21H25N5O2/c1-5-6-11-24-15(3)12-25-17-18(22-20(24)25)23(4)21(28)26(19(17)27)13-16-9-7-14(2)8-10-16/h7-10,12H,5-6,11,13H2,1-4H3. The molecule has 0 saturated carbocycles. The summed E-state index contributed by atoms with van der Waals surface area (Å²) < 4.78 is 6.70. The third-order valence-electron chi connectivity index (χ3n) is 5.34. The topological polar surface area (TPSA) is 66.2 Å². The maximum absolute atomic E-state index is 13.3. The van der Waals surface area contributed by atoms with Crippen LogP contribution in [0.3, 0.4) is 0 Å². The van der Waals surface area contributed by atoms with Crippen molar-refractivity contribution in [3.63, 3.8) is 0 Å². The molecule has 3 heterocycles. The molecule has 0 bridgehead atoms. The Kier molecular flexibility index (Phi) is 4.45. The van der Waals surface area contributed by atoms with Crippen molar-refractivity contribution in [3.05, 3.63) is 68.1 Å². The zero-order valence-electron chi connectivity index (χ0n) is 16.8. The van der Waals surface area contributed by atoms with Crippen molar-refractivity contribution < 1.29 is 0 Å². The maximum Gasteiger partial charge on any atom is 0.332 e. The highest BCUT2D eigenvalue weighted by Crippen LogP contribution is 2.17. The Morgan fingerprint density at radius 2 is 1.75 bits per heavy atom. The Morgan fingerprint density at radius 3 is 2.43 bits per heavy atom. The minimum Gasteiger partial charge on any atom is -0.314 e. The highest BCUT2D eigenvalue weighted by atomic mass is 16.2. The maximum atomic E-state index is 13.3. The van der Waals surface area contributed by atoms with E-state index in [1.165, 1.54) is 9.13 Å². The predicted molar refractivity (Wildman–Crippen MR) is 110 cm³/mol. The molecule has 4 aromatic rings. The van der Waals surface area contributed by atoms with Gasteiger partial charge < -0.3 is 4.57 Å². The summed E-state index contributed by atoms with van der Waals surface area (Å²) in [5.41, 5.74) is 3.33. The van der Waals surface area contributed by atoms with E-state index in [0.29, 0.717) is 16.9 Å². The molecule has 0 unspecified atom stereocenters. The molecule has 0 fully saturated rings. The van der Waals surface area contributed by atoms with Crippen LogP contribution in [0.25, 0.3) is 16.9 Å². The van der Waals surface area contributed by atoms with Gasteiger partial charge >= 0.3 is 5.69 Å². The van der Waals surface area contributed by atoms with E-state index in [1.807, 2.05) is 48.7 Å². The number of aryl methyl sites for hydroxylation is 4. The van der Waals surface area contributed by atoms with Crippen LogP contribution >= 0.6 is 0 Å². The smallest absolute Gasteiger partial charge is 0.314 e. The van der Waals surface area contributed by atoms with Gasteiger partial charge in [-0.05, 0) is 25.8 Å². The highest BCUT2D eigenvalue weighted by Gasteiger charge is 2.20. The number of imidazole rings is 2. The van der Waals surface area contributed by atoms with Gasteiger partial charge in [-0.3, -0.25) is 18.3 Å². The quantitative estimate of drug-likeness (QED) is 0.535. The molecule has 0 atom stereocenters. The Hall–Kier alpha value is -3.09. The lowest BCUT2D eigenvalue weighted by atomic mass is 10.1. The normalized spacial score (nSPS) is 11.7. The molecular weight excluding hydrogens is 354 g/mol. The molecule has 28 heavy (non-hydrogen) atoms. The van der Waals surface area contributed by atoms with Crippen LogP contribution in [0.4, 0.5) is 0 Å². The van der Waals surface area contributed by atoms with E-state index in [9.17, 15) is 9.59 Å². The van der Waals surface area contributed by atoms with E-state index < -0.39 is 0 Å². The predicted octanol–water partition coefficient (Wildman–Crippen LogP) is 2.61. The molecule has 3 aromatic heterocycles. The van der Waals surface area contributed by atoms with Gasteiger partial charge in [0.25, 0.3) is 5.56 Å². The minimum atomic E-state index is -0.351. The molecule has 7 heteroatoms. The van der Waals surface area contributed by atoms with E-state index in [0.717, 1.165) is 36.2 Å². The summed E-state index contributed by atoms with van der Waals surface area (Å²) in [6.45, 7) is 7.25. The van der Waals surface area contributed by atoms with Gasteiger partial charge in [-0.1, -0.05) is 43.2 Å². The number of benzene rings is 1. The van der Waals surface area contributed by atoms with Crippen molar-refractivity contribution in [1.29, 1.82) is 0 Å². The van der Waals surface area contributed by atoms with E-state index in [-0.39, 0.29) is 17.8 Å². The summed E-state index contributed by atoms with van der Waals surface area (Å²) >= 11 is 0. The fourth-order valence-electron chi connectivity index (χ4n) is 3.66. The summed E-state index contributed by atoms with van der Waals surface area (Å²) in [4.78, 5) is 30.8. The lowest BCUT2D eigenvalue weighted by Crippen LogP contribution is -2.39. The fraction of sp³-hybridized carbons (Fsp3) is 0.381. The fourth-order valence-corrected chi connectivity index (χ4v) is 3.66. The zero-order valence-corrected chi connectivity index (χ0v) is 16.8. The molecule has 0 aliphatic heterocycles. The van der Waals surface area contributed by atoms with Crippen LogP contribution in [0.2, 0.25) is 0 Å². The minimum absolute atomic E-state index is 0.241. The second kappa shape index (κ2) is 6.82. The number of hydrogen-bond donors (Lipinski definition) is 0. The van der Waals surface area contributed by atoms with Crippen molar-refractivity contribution in [2.45, 2.75) is 46.7 Å². The van der Waals surface area contributed by atoms with E-state index in [4.69, 9.17) is 0 Å². The summed E-state index contributed by atoms with van der Waals surface area (Å²) in [5, 5.41) is 0. The van der Waals surface area contributed by atoms with Gasteiger partial charge in [0, 0.05) is 25.5 Å². The molecule has 1 aromatic carbocycles. The zero-order chi connectivity index (χ0) is 20.0. The van der Waals surface area contributed by atoms with Crippen molar-refractivity contribution in [2.24, 2.45) is 7.05 Å². The summed E-state index contributed by atoms with van der Waals surface area (Å²) in [6.07, 6.45) is 4.04. The van der Waals surface area contributed by atoms with Gasteiger partial charge in [0.1, 0.15) is 0 Å². The second-order valence-electron chi connectivity index (χ2n) is 7.45. The van der Waals surface area contributed by atoms with Crippen molar-refractivity contribution in [2.75, 3.05) is 0 Å². The monoisotopic (exact) mass is 379 g/mol. The van der Waals surface area contributed by atoms with E-state index in [2.05, 4.69) is 16.5 Å². The lowest BCUT2D eigenvalue weighted by molar-refractivity contribution is 0.631. The van der Waals surface area contributed by atoms with Gasteiger partial charge in [-0.2, -0.15) is 4.98 Å². The summed E-state index contributed by atoms with van der Waals surface area (Å²) in [7, 11) is 1.67. The number of nitrogens with zero attached hydrogens (tertiary/aromatic N) is 5. The van der Waals surface area contributed by atoms with Gasteiger partial charge in [-0.15, -0.1) is 0 Å². The first-order valence-corrected chi connectivity index (χ1v) is 9.65. The number of rotatable bonds is 5. The van der Waals surface area contributed by atoms with Gasteiger partial charge in [0.2, 0.25) is 5.78 Å². The third kappa shape index (κ3) is 2.78. The molecule has 0 radical (unpaired) electrons. The average Bonchev–Trinajstić information content (AvgIpc) is 3.18. The molecular formula is C21H25N5O2. The van der Waals surface area contributed by atoms with Crippen LogP contribution in [0.1, 0.15) is 36.6 Å². The molecule has 146 valence electrons. The Balaban J connectivity index is 1.95. The Bertz CT molecular complexity index is 1290. The first-order chi connectivity index (χ1) is 13.4. The molecule has 4 rings (SSSR count). The van der Waals surface area contributed by atoms with Crippen LogP contribution in [0.15, 0.2) is 40.1 Å². The molecule has 0 saturated heterocycles. The van der Waals surface area contributed by atoms with Crippen LogP contribution in [-0.2, 0) is 20.1 Å². The van der Waals surface area contributed by atoms with E-state index >= 15 is 0 Å². The molecule has 0 spiro atoms. The number of unbranched alkanes of at least 4 members (excludes halogenated alkanes) is 1. The third-order valence-corrected chi connectivity index (χ3v) is 5.34. The summed E-state index contributed by atoms with van der Waals surface area (Å²) in [6, 6.07) is 7.86. The van der Waals surface area contributed by atoms with E-state index in [1.54, 1.807) is 7.05 Å². The van der Waals surface area contributed by atoms with Crippen LogP contribution < -0.4 is 11.2 Å².